The lowest BCUT2D eigenvalue weighted by Gasteiger charge is -2.07. The number of nitrogens with one attached hydrogen (secondary N) is 2. The molecular weight excluding hydrogens is 204 g/mol. The summed E-state index contributed by atoms with van der Waals surface area (Å²) in [4.78, 5) is 22.1. The number of amides is 2. The Morgan fingerprint density at radius 1 is 1.25 bits per heavy atom. The van der Waals surface area contributed by atoms with Gasteiger partial charge in [0.15, 0.2) is 0 Å². The summed E-state index contributed by atoms with van der Waals surface area (Å²) in [5, 5.41) is 4.98. The molecule has 0 heterocycles. The van der Waals surface area contributed by atoms with Gasteiger partial charge in [0.1, 0.15) is 0 Å². The molecule has 1 aromatic carbocycles. The van der Waals surface area contributed by atoms with Gasteiger partial charge in [-0.1, -0.05) is 36.9 Å². The smallest absolute Gasteiger partial charge is 0.267 e. The van der Waals surface area contributed by atoms with E-state index in [9.17, 15) is 9.59 Å². The lowest BCUT2D eigenvalue weighted by atomic mass is 10.2. The summed E-state index contributed by atoms with van der Waals surface area (Å²) < 4.78 is 0. The number of carbonyl (C=O) groups excluding carboxylic acids is 2. The van der Waals surface area contributed by atoms with Gasteiger partial charge in [-0.15, -0.1) is 0 Å². The lowest BCUT2D eigenvalue weighted by molar-refractivity contribution is -0.122. The normalized spacial score (nSPS) is 9.31. The molecule has 4 heteroatoms. The lowest BCUT2D eigenvalue weighted by Crippen LogP contribution is -2.32. The fourth-order valence-corrected chi connectivity index (χ4v) is 1.15. The molecule has 0 unspecified atom stereocenters. The summed E-state index contributed by atoms with van der Waals surface area (Å²) in [5.74, 6) is -0.682. The van der Waals surface area contributed by atoms with Gasteiger partial charge >= 0.3 is 0 Å². The molecule has 0 aromatic heterocycles. The van der Waals surface area contributed by atoms with Crippen LogP contribution in [-0.2, 0) is 16.1 Å². The summed E-state index contributed by atoms with van der Waals surface area (Å²) in [6.07, 6.45) is 0. The van der Waals surface area contributed by atoms with Crippen molar-refractivity contribution in [3.05, 3.63) is 48.2 Å². The molecule has 0 fully saturated rings. The van der Waals surface area contributed by atoms with Crippen LogP contribution in [0.15, 0.2) is 42.6 Å². The van der Waals surface area contributed by atoms with Gasteiger partial charge in [0.25, 0.3) is 5.91 Å². The van der Waals surface area contributed by atoms with Gasteiger partial charge in [0.2, 0.25) is 5.91 Å². The van der Waals surface area contributed by atoms with Gasteiger partial charge in [-0.05, 0) is 5.56 Å². The van der Waals surface area contributed by atoms with E-state index in [0.29, 0.717) is 6.54 Å². The van der Waals surface area contributed by atoms with Gasteiger partial charge in [-0.3, -0.25) is 9.59 Å². The van der Waals surface area contributed by atoms with Crippen molar-refractivity contribution in [2.75, 3.05) is 0 Å². The van der Waals surface area contributed by atoms with E-state index >= 15 is 0 Å². The maximum Gasteiger partial charge on any atom is 0.267 e. The summed E-state index contributed by atoms with van der Waals surface area (Å²) >= 11 is 0. The molecule has 4 nitrogen and oxygen atoms in total. The van der Waals surface area contributed by atoms with Crippen LogP contribution < -0.4 is 10.6 Å². The Morgan fingerprint density at radius 3 is 2.44 bits per heavy atom. The fraction of sp³-hybridized carbons (Fsp3) is 0.167. The Labute approximate surface area is 94.4 Å². The Hall–Kier alpha value is -2.10. The number of hydrogen-bond donors (Lipinski definition) is 2. The predicted molar refractivity (Wildman–Crippen MR) is 61.2 cm³/mol. The molecule has 0 saturated heterocycles. The first-order valence-corrected chi connectivity index (χ1v) is 4.88. The Bertz CT molecular complexity index is 399. The fourth-order valence-electron chi connectivity index (χ4n) is 1.15. The highest BCUT2D eigenvalue weighted by Crippen LogP contribution is 1.97. The molecule has 0 atom stereocenters. The van der Waals surface area contributed by atoms with Crippen molar-refractivity contribution in [2.24, 2.45) is 0 Å². The van der Waals surface area contributed by atoms with Crippen LogP contribution in [0, 0.1) is 0 Å². The van der Waals surface area contributed by atoms with E-state index in [1.54, 1.807) is 0 Å². The maximum absolute atomic E-state index is 11.4. The van der Waals surface area contributed by atoms with E-state index in [0.717, 1.165) is 5.56 Å². The zero-order chi connectivity index (χ0) is 12.0. The standard InChI is InChI=1S/C12H14N2O2/c1-9(14-10(2)15)12(16)13-8-11-6-4-3-5-7-11/h3-7H,1,8H2,2H3,(H,13,16)(H,14,15). The Balaban J connectivity index is 2.41. The van der Waals surface area contributed by atoms with Crippen molar-refractivity contribution < 1.29 is 9.59 Å². The number of carbonyl (C=O) groups is 2. The molecule has 0 bridgehead atoms. The second-order valence-electron chi connectivity index (χ2n) is 3.33. The zero-order valence-corrected chi connectivity index (χ0v) is 9.12. The molecular formula is C12H14N2O2. The molecule has 16 heavy (non-hydrogen) atoms. The predicted octanol–water partition coefficient (Wildman–Crippen LogP) is 0.953. The van der Waals surface area contributed by atoms with Gasteiger partial charge in [0.05, 0.1) is 5.70 Å². The van der Waals surface area contributed by atoms with E-state index in [1.807, 2.05) is 30.3 Å². The van der Waals surface area contributed by atoms with Crippen LogP contribution in [0.3, 0.4) is 0 Å². The highest BCUT2D eigenvalue weighted by Gasteiger charge is 2.06. The van der Waals surface area contributed by atoms with E-state index in [-0.39, 0.29) is 17.5 Å². The molecule has 2 N–H and O–H groups in total. The van der Waals surface area contributed by atoms with Gasteiger partial charge in [0, 0.05) is 13.5 Å². The molecule has 2 amide bonds. The summed E-state index contributed by atoms with van der Waals surface area (Å²) in [6.45, 7) is 5.21. The highest BCUT2D eigenvalue weighted by atomic mass is 16.2. The second kappa shape index (κ2) is 5.70. The van der Waals surface area contributed by atoms with E-state index < -0.39 is 0 Å². The summed E-state index contributed by atoms with van der Waals surface area (Å²) in [7, 11) is 0. The van der Waals surface area contributed by atoms with Crippen LogP contribution in [0.5, 0.6) is 0 Å². The third kappa shape index (κ3) is 3.96. The Morgan fingerprint density at radius 2 is 1.88 bits per heavy atom. The van der Waals surface area contributed by atoms with E-state index in [2.05, 4.69) is 17.2 Å². The molecule has 0 aliphatic heterocycles. The van der Waals surface area contributed by atoms with Crippen LogP contribution in [0.2, 0.25) is 0 Å². The van der Waals surface area contributed by atoms with Crippen LogP contribution in [0.1, 0.15) is 12.5 Å². The first-order valence-electron chi connectivity index (χ1n) is 4.88. The van der Waals surface area contributed by atoms with Crippen molar-refractivity contribution in [3.63, 3.8) is 0 Å². The highest BCUT2D eigenvalue weighted by molar-refractivity contribution is 5.96. The number of rotatable bonds is 4. The van der Waals surface area contributed by atoms with Crippen LogP contribution in [-0.4, -0.2) is 11.8 Å². The summed E-state index contributed by atoms with van der Waals surface area (Å²) in [6, 6.07) is 9.50. The van der Waals surface area contributed by atoms with Crippen molar-refractivity contribution in [3.8, 4) is 0 Å². The molecule has 84 valence electrons. The number of hydrogen-bond acceptors (Lipinski definition) is 2. The monoisotopic (exact) mass is 218 g/mol. The largest absolute Gasteiger partial charge is 0.347 e. The Kier molecular flexibility index (Phi) is 4.27. The van der Waals surface area contributed by atoms with Gasteiger partial charge in [-0.25, -0.2) is 0 Å². The first-order chi connectivity index (χ1) is 7.59. The maximum atomic E-state index is 11.4. The first kappa shape index (κ1) is 12.0. The second-order valence-corrected chi connectivity index (χ2v) is 3.33. The average molecular weight is 218 g/mol. The van der Waals surface area contributed by atoms with Crippen LogP contribution in [0.4, 0.5) is 0 Å². The van der Waals surface area contributed by atoms with Crippen molar-refractivity contribution in [1.82, 2.24) is 10.6 Å². The molecule has 0 aliphatic carbocycles. The van der Waals surface area contributed by atoms with Gasteiger partial charge in [-0.2, -0.15) is 0 Å². The van der Waals surface area contributed by atoms with Crippen molar-refractivity contribution in [2.45, 2.75) is 13.5 Å². The van der Waals surface area contributed by atoms with Crippen molar-refractivity contribution >= 4 is 11.8 Å². The average Bonchev–Trinajstić information content (AvgIpc) is 2.26. The minimum absolute atomic E-state index is 0.0587. The van der Waals surface area contributed by atoms with Gasteiger partial charge < -0.3 is 10.6 Å². The van der Waals surface area contributed by atoms with Crippen LogP contribution >= 0.6 is 0 Å². The molecule has 1 aromatic rings. The quantitative estimate of drug-likeness (QED) is 0.739. The molecule has 0 radical (unpaired) electrons. The molecule has 0 aliphatic rings. The minimum Gasteiger partial charge on any atom is -0.347 e. The third-order valence-electron chi connectivity index (χ3n) is 1.90. The third-order valence-corrected chi connectivity index (χ3v) is 1.90. The van der Waals surface area contributed by atoms with E-state index in [1.165, 1.54) is 6.92 Å². The topological polar surface area (TPSA) is 58.2 Å². The number of benzene rings is 1. The molecule has 1 rings (SSSR count). The van der Waals surface area contributed by atoms with Crippen LogP contribution in [0.25, 0.3) is 0 Å². The van der Waals surface area contributed by atoms with Crippen molar-refractivity contribution in [1.29, 1.82) is 0 Å². The van der Waals surface area contributed by atoms with E-state index in [4.69, 9.17) is 0 Å². The summed E-state index contributed by atoms with van der Waals surface area (Å²) in [5.41, 5.74) is 1.05. The zero-order valence-electron chi connectivity index (χ0n) is 9.12. The molecule has 0 saturated carbocycles. The SMILES string of the molecule is C=C(NC(C)=O)C(=O)NCc1ccccc1. The molecule has 0 spiro atoms. The minimum atomic E-state index is -0.376.